The van der Waals surface area contributed by atoms with Crippen LogP contribution in [0.5, 0.6) is 0 Å². The van der Waals surface area contributed by atoms with Gasteiger partial charge in [-0.3, -0.25) is 0 Å². The zero-order valence-electron chi connectivity index (χ0n) is 18.8. The van der Waals surface area contributed by atoms with Crippen LogP contribution in [0.25, 0.3) is 0 Å². The molecule has 2 heterocycles. The van der Waals surface area contributed by atoms with E-state index < -0.39 is 18.3 Å². The molecule has 2 aliphatic rings. The molecule has 3 rings (SSSR count). The molecule has 1 aromatic rings. The predicted molar refractivity (Wildman–Crippen MR) is 115 cm³/mol. The van der Waals surface area contributed by atoms with Gasteiger partial charge in [-0.25, -0.2) is 4.79 Å². The molecule has 0 amide bonds. The molecule has 0 saturated carbocycles. The summed E-state index contributed by atoms with van der Waals surface area (Å²) in [4.78, 5) is 12.4. The van der Waals surface area contributed by atoms with E-state index in [4.69, 9.17) is 18.8 Å². The van der Waals surface area contributed by atoms with E-state index in [1.54, 1.807) is 0 Å². The van der Waals surface area contributed by atoms with E-state index in [0.717, 1.165) is 42.6 Å². The molecule has 2 atom stereocenters. The van der Waals surface area contributed by atoms with E-state index in [0.29, 0.717) is 11.6 Å². The van der Waals surface area contributed by atoms with Crippen LogP contribution in [0.2, 0.25) is 0 Å². The standard InChI is InChI=1S/C22H34BNO5/c1-8-17-13-16(9-10-27-17)24-19-12-15(11-18(14(19)2)20(25)26-7)23-28-21(3,4)22(5,6)29-23/h11-12,16-17,24H,8-10,13H2,1-7H3. The molecule has 2 aliphatic heterocycles. The van der Waals surface area contributed by atoms with Crippen molar-refractivity contribution in [1.82, 2.24) is 0 Å². The summed E-state index contributed by atoms with van der Waals surface area (Å²) < 4.78 is 23.3. The Kier molecular flexibility index (Phi) is 6.32. The highest BCUT2D eigenvalue weighted by atomic mass is 16.7. The molecule has 6 nitrogen and oxygen atoms in total. The predicted octanol–water partition coefficient (Wildman–Crippen LogP) is 3.45. The van der Waals surface area contributed by atoms with Crippen molar-refractivity contribution in [3.05, 3.63) is 23.3 Å². The van der Waals surface area contributed by atoms with Crippen molar-refractivity contribution in [2.75, 3.05) is 19.0 Å². The van der Waals surface area contributed by atoms with Crippen LogP contribution >= 0.6 is 0 Å². The highest BCUT2D eigenvalue weighted by Crippen LogP contribution is 2.37. The van der Waals surface area contributed by atoms with Gasteiger partial charge in [0.05, 0.1) is 30.0 Å². The summed E-state index contributed by atoms with van der Waals surface area (Å²) in [6.07, 6.45) is 3.15. The van der Waals surface area contributed by atoms with Crippen LogP contribution in [0.1, 0.15) is 69.8 Å². The van der Waals surface area contributed by atoms with Crippen molar-refractivity contribution in [2.24, 2.45) is 0 Å². The van der Waals surface area contributed by atoms with Crippen molar-refractivity contribution in [3.8, 4) is 0 Å². The van der Waals surface area contributed by atoms with Gasteiger partial charge in [0.2, 0.25) is 0 Å². The number of esters is 1. The van der Waals surface area contributed by atoms with Crippen molar-refractivity contribution < 1.29 is 23.6 Å². The van der Waals surface area contributed by atoms with Crippen LogP contribution in [-0.2, 0) is 18.8 Å². The summed E-state index contributed by atoms with van der Waals surface area (Å²) in [6, 6.07) is 4.17. The zero-order chi connectivity index (χ0) is 21.4. The van der Waals surface area contributed by atoms with E-state index >= 15 is 0 Å². The lowest BCUT2D eigenvalue weighted by Crippen LogP contribution is -2.41. The number of nitrogens with one attached hydrogen (secondary N) is 1. The van der Waals surface area contributed by atoms with E-state index in [9.17, 15) is 4.79 Å². The zero-order valence-corrected chi connectivity index (χ0v) is 18.8. The molecule has 0 aromatic heterocycles. The van der Waals surface area contributed by atoms with E-state index in [-0.39, 0.29) is 12.1 Å². The van der Waals surface area contributed by atoms with Crippen LogP contribution < -0.4 is 10.8 Å². The lowest BCUT2D eigenvalue weighted by molar-refractivity contribution is 0.00578. The van der Waals surface area contributed by atoms with E-state index in [2.05, 4.69) is 12.2 Å². The van der Waals surface area contributed by atoms with Gasteiger partial charge in [-0.2, -0.15) is 0 Å². The van der Waals surface area contributed by atoms with Gasteiger partial charge in [0.15, 0.2) is 0 Å². The van der Waals surface area contributed by atoms with Crippen LogP contribution in [0.4, 0.5) is 5.69 Å². The number of carbonyl (C=O) groups excluding carboxylic acids is 1. The van der Waals surface area contributed by atoms with Gasteiger partial charge < -0.3 is 24.1 Å². The Morgan fingerprint density at radius 3 is 2.48 bits per heavy atom. The lowest BCUT2D eigenvalue weighted by Gasteiger charge is -2.32. The average Bonchev–Trinajstić information content (AvgIpc) is 2.90. The van der Waals surface area contributed by atoms with Crippen LogP contribution in [0.15, 0.2) is 12.1 Å². The number of ether oxygens (including phenoxy) is 2. The number of rotatable bonds is 5. The van der Waals surface area contributed by atoms with Crippen molar-refractivity contribution in [3.63, 3.8) is 0 Å². The van der Waals surface area contributed by atoms with Gasteiger partial charge >= 0.3 is 13.1 Å². The Balaban J connectivity index is 1.94. The second-order valence-electron chi connectivity index (χ2n) is 9.09. The number of anilines is 1. The third-order valence-electron chi connectivity index (χ3n) is 6.54. The third kappa shape index (κ3) is 4.47. The number of benzene rings is 1. The molecule has 0 bridgehead atoms. The summed E-state index contributed by atoms with van der Waals surface area (Å²) in [5.74, 6) is -0.359. The molecule has 2 unspecified atom stereocenters. The molecule has 29 heavy (non-hydrogen) atoms. The van der Waals surface area contributed by atoms with Crippen molar-refractivity contribution >= 4 is 24.2 Å². The monoisotopic (exact) mass is 403 g/mol. The minimum atomic E-state index is -0.539. The van der Waals surface area contributed by atoms with Crippen molar-refractivity contribution in [2.45, 2.75) is 84.2 Å². The molecule has 1 aromatic carbocycles. The molecule has 1 N–H and O–H groups in total. The quantitative estimate of drug-likeness (QED) is 0.600. The van der Waals surface area contributed by atoms with E-state index in [1.165, 1.54) is 7.11 Å². The first-order chi connectivity index (χ1) is 13.6. The van der Waals surface area contributed by atoms with Gasteiger partial charge in [0.1, 0.15) is 0 Å². The molecular formula is C22H34BNO5. The SMILES string of the molecule is CCC1CC(Nc2cc(B3OC(C)(C)C(C)(C)O3)cc(C(=O)OC)c2C)CCO1. The van der Waals surface area contributed by atoms with E-state index in [1.807, 2.05) is 46.8 Å². The summed E-state index contributed by atoms with van der Waals surface area (Å²) in [5, 5.41) is 3.64. The Morgan fingerprint density at radius 2 is 1.90 bits per heavy atom. The molecule has 160 valence electrons. The van der Waals surface area contributed by atoms with Crippen LogP contribution in [0.3, 0.4) is 0 Å². The maximum absolute atomic E-state index is 12.4. The fourth-order valence-electron chi connectivity index (χ4n) is 3.84. The number of carbonyl (C=O) groups is 1. The van der Waals surface area contributed by atoms with Gasteiger partial charge in [0.25, 0.3) is 0 Å². The number of hydrogen-bond acceptors (Lipinski definition) is 6. The average molecular weight is 403 g/mol. The Bertz CT molecular complexity index is 748. The normalized spacial score (nSPS) is 25.7. The molecular weight excluding hydrogens is 369 g/mol. The maximum Gasteiger partial charge on any atom is 0.494 e. The molecule has 0 spiro atoms. The van der Waals surface area contributed by atoms with Crippen molar-refractivity contribution in [1.29, 1.82) is 0 Å². The first-order valence-corrected chi connectivity index (χ1v) is 10.5. The van der Waals surface area contributed by atoms with Gasteiger partial charge in [-0.05, 0) is 77.0 Å². The van der Waals surface area contributed by atoms with Crippen LogP contribution in [-0.4, -0.2) is 50.2 Å². The minimum Gasteiger partial charge on any atom is -0.465 e. The Labute approximate surface area is 174 Å². The van der Waals surface area contributed by atoms with Gasteiger partial charge in [0, 0.05) is 18.3 Å². The topological polar surface area (TPSA) is 66.0 Å². The smallest absolute Gasteiger partial charge is 0.465 e. The molecule has 7 heteroatoms. The third-order valence-corrected chi connectivity index (χ3v) is 6.54. The number of hydrogen-bond donors (Lipinski definition) is 1. The second kappa shape index (κ2) is 8.28. The summed E-state index contributed by atoms with van der Waals surface area (Å²) in [6.45, 7) is 12.9. The highest BCUT2D eigenvalue weighted by molar-refractivity contribution is 6.62. The van der Waals surface area contributed by atoms with Gasteiger partial charge in [-0.1, -0.05) is 6.92 Å². The first kappa shape index (κ1) is 22.1. The lowest BCUT2D eigenvalue weighted by atomic mass is 9.77. The molecule has 0 radical (unpaired) electrons. The summed E-state index contributed by atoms with van der Waals surface area (Å²) in [5.41, 5.74) is 2.24. The molecule has 2 fully saturated rings. The summed E-state index contributed by atoms with van der Waals surface area (Å²) >= 11 is 0. The fourth-order valence-corrected chi connectivity index (χ4v) is 3.84. The fraction of sp³-hybridized carbons (Fsp3) is 0.682. The second-order valence-corrected chi connectivity index (χ2v) is 9.09. The maximum atomic E-state index is 12.4. The van der Waals surface area contributed by atoms with Crippen LogP contribution in [0, 0.1) is 6.92 Å². The largest absolute Gasteiger partial charge is 0.494 e. The number of methoxy groups -OCH3 is 1. The van der Waals surface area contributed by atoms with Gasteiger partial charge in [-0.15, -0.1) is 0 Å². The molecule has 0 aliphatic carbocycles. The summed E-state index contributed by atoms with van der Waals surface area (Å²) in [7, 11) is 0.864. The first-order valence-electron chi connectivity index (χ1n) is 10.5. The Hall–Kier alpha value is -1.57. The molecule has 2 saturated heterocycles. The highest BCUT2D eigenvalue weighted by Gasteiger charge is 2.52. The Morgan fingerprint density at radius 1 is 1.24 bits per heavy atom. The minimum absolute atomic E-state index is 0.271.